The number of Topliss-reactive ketones (excluding diaryl/α,β-unsaturated/α-hetero) is 1. The third kappa shape index (κ3) is 8.18. The number of fused-ring (bicyclic) bond motifs is 1. The fourth-order valence-electron chi connectivity index (χ4n) is 6.88. The van der Waals surface area contributed by atoms with Gasteiger partial charge in [0.2, 0.25) is 0 Å². The molecule has 0 aliphatic heterocycles. The topological polar surface area (TPSA) is 85.6 Å². The number of carbonyl (C=O) groups excluding carboxylic acids is 2. The van der Waals surface area contributed by atoms with Crippen LogP contribution in [0.3, 0.4) is 0 Å². The normalized spacial score (nSPS) is 19.6. The van der Waals surface area contributed by atoms with E-state index in [1.165, 1.54) is 0 Å². The second-order valence-electron chi connectivity index (χ2n) is 14.2. The monoisotopic (exact) mass is 629 g/mol. The number of hydrogen-bond acceptors (Lipinski definition) is 6. The van der Waals surface area contributed by atoms with Crippen molar-refractivity contribution in [3.05, 3.63) is 75.3 Å². The van der Waals surface area contributed by atoms with E-state index in [1.54, 1.807) is 18.2 Å². The number of nitriles is 1. The van der Waals surface area contributed by atoms with Crippen LogP contribution in [0.15, 0.2) is 48.0 Å². The first-order valence-electron chi connectivity index (χ1n) is 15.6. The van der Waals surface area contributed by atoms with Gasteiger partial charge in [-0.1, -0.05) is 57.2 Å². The van der Waals surface area contributed by atoms with E-state index in [-0.39, 0.29) is 41.2 Å². The van der Waals surface area contributed by atoms with Crippen LogP contribution in [0.1, 0.15) is 101 Å². The summed E-state index contributed by atoms with van der Waals surface area (Å²) in [6, 6.07) is 13.1. The minimum atomic E-state index is -0.505. The number of ether oxygens (including phenoxy) is 3. The third-order valence-electron chi connectivity index (χ3n) is 8.81. The lowest BCUT2D eigenvalue weighted by Crippen LogP contribution is -2.66. The summed E-state index contributed by atoms with van der Waals surface area (Å²) in [6.07, 6.45) is 5.82. The molecule has 2 aliphatic rings. The van der Waals surface area contributed by atoms with Crippen molar-refractivity contribution in [1.29, 1.82) is 5.26 Å². The van der Waals surface area contributed by atoms with Gasteiger partial charge in [0.25, 0.3) is 0 Å². The Morgan fingerprint density at radius 1 is 1.07 bits per heavy atom. The van der Waals surface area contributed by atoms with E-state index in [0.29, 0.717) is 35.8 Å². The molecule has 0 amide bonds. The van der Waals surface area contributed by atoms with Gasteiger partial charge in [-0.2, -0.15) is 5.26 Å². The number of carbonyl (C=O) groups is 2. The molecule has 0 atom stereocenters. The van der Waals surface area contributed by atoms with Gasteiger partial charge in [0.05, 0.1) is 10.6 Å². The van der Waals surface area contributed by atoms with Crippen LogP contribution in [0, 0.1) is 39.9 Å². The zero-order valence-electron chi connectivity index (χ0n) is 27.5. The highest BCUT2D eigenvalue weighted by atomic mass is 35.5. The van der Waals surface area contributed by atoms with Gasteiger partial charge < -0.3 is 14.2 Å². The van der Waals surface area contributed by atoms with Crippen molar-refractivity contribution in [3.63, 3.8) is 0 Å². The Hall–Kier alpha value is -3.58. The van der Waals surface area contributed by atoms with Gasteiger partial charge >= 0.3 is 5.97 Å². The molecule has 2 aliphatic carbocycles. The van der Waals surface area contributed by atoms with Crippen molar-refractivity contribution in [2.24, 2.45) is 16.7 Å². The molecule has 4 rings (SSSR count). The standard InChI is InChI=1S/C38H44ClNO5/c1-36(2,3)45-33(41)24-43-19-11-9-8-10-12-25-13-18-30-26(20-25)14-15-27(34(30)42)21-32-37(4,5)35(38(32,6)7)44-29-17-16-28(23-40)31(39)22-29/h13,15-18,20,22,32,35H,8-9,11,14,19,21,24H2,1-7H3/t32-,35-. The summed E-state index contributed by atoms with van der Waals surface area (Å²) >= 11 is 6.24. The van der Waals surface area contributed by atoms with Gasteiger partial charge in [-0.25, -0.2) is 4.79 Å². The molecular formula is C38H44ClNO5. The number of rotatable bonds is 10. The summed E-state index contributed by atoms with van der Waals surface area (Å²) < 4.78 is 17.1. The Morgan fingerprint density at radius 3 is 2.47 bits per heavy atom. The Morgan fingerprint density at radius 2 is 1.80 bits per heavy atom. The third-order valence-corrected chi connectivity index (χ3v) is 9.12. The van der Waals surface area contributed by atoms with Gasteiger partial charge in [0, 0.05) is 41.1 Å². The maximum atomic E-state index is 13.6. The van der Waals surface area contributed by atoms with E-state index in [0.717, 1.165) is 41.5 Å². The Labute approximate surface area is 273 Å². The molecular weight excluding hydrogens is 586 g/mol. The van der Waals surface area contributed by atoms with E-state index in [4.69, 9.17) is 25.8 Å². The molecule has 0 N–H and O–H groups in total. The molecule has 7 heteroatoms. The van der Waals surface area contributed by atoms with Gasteiger partial charge in [-0.05, 0) is 93.8 Å². The first-order chi connectivity index (χ1) is 21.1. The van der Waals surface area contributed by atoms with Crippen LogP contribution in [0.5, 0.6) is 5.75 Å². The maximum Gasteiger partial charge on any atom is 0.332 e. The van der Waals surface area contributed by atoms with E-state index in [9.17, 15) is 14.9 Å². The summed E-state index contributed by atoms with van der Waals surface area (Å²) in [5.41, 5.74) is 3.11. The number of allylic oxidation sites excluding steroid dienone is 2. The van der Waals surface area contributed by atoms with Crippen molar-refractivity contribution in [2.45, 2.75) is 92.3 Å². The van der Waals surface area contributed by atoms with Crippen LogP contribution in [0.25, 0.3) is 0 Å². The molecule has 0 spiro atoms. The number of benzene rings is 2. The van der Waals surface area contributed by atoms with Crippen LogP contribution in [-0.4, -0.2) is 36.7 Å². The molecule has 238 valence electrons. The molecule has 0 aromatic heterocycles. The molecule has 45 heavy (non-hydrogen) atoms. The van der Waals surface area contributed by atoms with Crippen LogP contribution >= 0.6 is 11.6 Å². The minimum absolute atomic E-state index is 0.0341. The maximum absolute atomic E-state index is 13.6. The summed E-state index contributed by atoms with van der Waals surface area (Å²) in [4.78, 5) is 25.3. The fraction of sp³-hybridized carbons (Fsp3) is 0.500. The highest BCUT2D eigenvalue weighted by Gasteiger charge is 2.63. The number of ketones is 1. The van der Waals surface area contributed by atoms with Gasteiger partial charge in [0.15, 0.2) is 5.78 Å². The quantitative estimate of drug-likeness (QED) is 0.149. The van der Waals surface area contributed by atoms with E-state index in [1.807, 2.05) is 39.0 Å². The number of hydrogen-bond donors (Lipinski definition) is 0. The van der Waals surface area contributed by atoms with Crippen molar-refractivity contribution in [2.75, 3.05) is 13.2 Å². The van der Waals surface area contributed by atoms with Crippen molar-refractivity contribution in [3.8, 4) is 23.7 Å². The molecule has 1 fully saturated rings. The fourth-order valence-corrected chi connectivity index (χ4v) is 7.09. The zero-order valence-corrected chi connectivity index (χ0v) is 28.3. The number of nitrogens with zero attached hydrogens (tertiary/aromatic N) is 1. The Balaban J connectivity index is 1.28. The SMILES string of the molecule is CC(C)(C)OC(=O)COCCCCC#Cc1ccc2c(c1)CC=C(C[C@H]1C(C)(C)[C@H](Oc3ccc(C#N)c(Cl)c3)C1(C)C)C2=O. The van der Waals surface area contributed by atoms with Crippen LogP contribution in [0.4, 0.5) is 0 Å². The zero-order chi connectivity index (χ0) is 33.0. The summed E-state index contributed by atoms with van der Waals surface area (Å²) in [5, 5.41) is 9.56. The predicted molar refractivity (Wildman–Crippen MR) is 176 cm³/mol. The Kier molecular flexibility index (Phi) is 10.5. The molecule has 6 nitrogen and oxygen atoms in total. The molecule has 0 heterocycles. The lowest BCUT2D eigenvalue weighted by molar-refractivity contribution is -0.197. The summed E-state index contributed by atoms with van der Waals surface area (Å²) in [7, 11) is 0. The summed E-state index contributed by atoms with van der Waals surface area (Å²) in [6.45, 7) is 14.7. The van der Waals surface area contributed by atoms with Gasteiger partial charge in [-0.3, -0.25) is 4.79 Å². The first kappa shape index (κ1) is 34.3. The lowest BCUT2D eigenvalue weighted by Gasteiger charge is -2.63. The second kappa shape index (κ2) is 13.8. The van der Waals surface area contributed by atoms with Crippen molar-refractivity contribution < 1.29 is 23.8 Å². The smallest absolute Gasteiger partial charge is 0.332 e. The van der Waals surface area contributed by atoms with Crippen LogP contribution in [-0.2, 0) is 20.7 Å². The number of esters is 1. The average Bonchev–Trinajstić information content (AvgIpc) is 2.95. The first-order valence-corrected chi connectivity index (χ1v) is 16.0. The molecule has 0 bridgehead atoms. The van der Waals surface area contributed by atoms with Gasteiger partial charge in [-0.15, -0.1) is 0 Å². The van der Waals surface area contributed by atoms with Gasteiger partial charge in [0.1, 0.15) is 30.1 Å². The molecule has 0 radical (unpaired) electrons. The number of unbranched alkanes of at least 4 members (excludes halogenated alkanes) is 2. The van der Waals surface area contributed by atoms with E-state index >= 15 is 0 Å². The molecule has 2 aromatic carbocycles. The van der Waals surface area contributed by atoms with E-state index < -0.39 is 5.60 Å². The largest absolute Gasteiger partial charge is 0.489 e. The Bertz CT molecular complexity index is 1560. The average molecular weight is 630 g/mol. The molecule has 0 saturated heterocycles. The van der Waals surface area contributed by atoms with Crippen molar-refractivity contribution >= 4 is 23.4 Å². The van der Waals surface area contributed by atoms with Crippen molar-refractivity contribution in [1.82, 2.24) is 0 Å². The van der Waals surface area contributed by atoms with Crippen LogP contribution in [0.2, 0.25) is 5.02 Å². The predicted octanol–water partition coefficient (Wildman–Crippen LogP) is 8.28. The lowest BCUT2D eigenvalue weighted by atomic mass is 9.44. The van der Waals surface area contributed by atoms with Crippen LogP contribution < -0.4 is 4.74 Å². The highest BCUT2D eigenvalue weighted by molar-refractivity contribution is 6.31. The minimum Gasteiger partial charge on any atom is -0.489 e. The highest BCUT2D eigenvalue weighted by Crippen LogP contribution is 2.62. The molecule has 2 aromatic rings. The molecule has 1 saturated carbocycles. The second-order valence-corrected chi connectivity index (χ2v) is 14.6. The molecule has 0 unspecified atom stereocenters. The summed E-state index contributed by atoms with van der Waals surface area (Å²) in [5.74, 6) is 7.08. The van der Waals surface area contributed by atoms with E-state index in [2.05, 4.69) is 51.7 Å². The number of halogens is 1.